The minimum absolute atomic E-state index is 0.00465. The Bertz CT molecular complexity index is 669. The molecule has 0 saturated carbocycles. The van der Waals surface area contributed by atoms with Crippen LogP contribution < -0.4 is 10.6 Å². The number of ketones is 1. The zero-order valence-corrected chi connectivity index (χ0v) is 13.8. The van der Waals surface area contributed by atoms with E-state index in [4.69, 9.17) is 0 Å². The van der Waals surface area contributed by atoms with Gasteiger partial charge in [-0.1, -0.05) is 28.1 Å². The summed E-state index contributed by atoms with van der Waals surface area (Å²) in [5, 5.41) is 5.54. The van der Waals surface area contributed by atoms with E-state index >= 15 is 0 Å². The van der Waals surface area contributed by atoms with Gasteiger partial charge in [0.05, 0.1) is 0 Å². The summed E-state index contributed by atoms with van der Waals surface area (Å²) in [6.07, 6.45) is 0.760. The summed E-state index contributed by atoms with van der Waals surface area (Å²) >= 11 is 3.42. The van der Waals surface area contributed by atoms with Crippen molar-refractivity contribution in [1.29, 1.82) is 0 Å². The molecule has 0 fully saturated rings. The third kappa shape index (κ3) is 5.00. The van der Waals surface area contributed by atoms with Gasteiger partial charge in [0.1, 0.15) is 0 Å². The van der Waals surface area contributed by atoms with E-state index in [1.54, 1.807) is 24.3 Å². The molecule has 0 saturated heterocycles. The molecular weight excluding hydrogens is 344 g/mol. The van der Waals surface area contributed by atoms with Crippen molar-refractivity contribution in [2.45, 2.75) is 13.3 Å². The summed E-state index contributed by atoms with van der Waals surface area (Å²) in [6, 6.07) is 14.5. The van der Waals surface area contributed by atoms with Gasteiger partial charge >= 0.3 is 6.03 Å². The molecule has 2 aromatic carbocycles. The molecule has 0 aromatic heterocycles. The van der Waals surface area contributed by atoms with Crippen molar-refractivity contribution in [3.63, 3.8) is 0 Å². The number of anilines is 1. The smallest absolute Gasteiger partial charge is 0.319 e. The monoisotopic (exact) mass is 360 g/mol. The van der Waals surface area contributed by atoms with Crippen molar-refractivity contribution in [1.82, 2.24) is 5.32 Å². The average Bonchev–Trinajstić information content (AvgIpc) is 2.48. The van der Waals surface area contributed by atoms with Gasteiger partial charge in [0.2, 0.25) is 0 Å². The second-order valence-electron chi connectivity index (χ2n) is 4.89. The number of benzene rings is 2. The fourth-order valence-corrected chi connectivity index (χ4v) is 2.42. The predicted octanol–water partition coefficient (Wildman–Crippen LogP) is 4.02. The highest BCUT2D eigenvalue weighted by atomic mass is 79.9. The Labute approximate surface area is 138 Å². The fourth-order valence-electron chi connectivity index (χ4n) is 1.98. The number of nitrogens with one attached hydrogen (secondary N) is 2. The molecule has 2 amide bonds. The molecule has 2 aromatic rings. The molecule has 0 bridgehead atoms. The SMILES string of the molecule is CC(=O)c1ccc(NC(=O)NCCc2cccc(Br)c2)cc1. The van der Waals surface area contributed by atoms with E-state index < -0.39 is 0 Å². The molecule has 0 aliphatic carbocycles. The number of halogens is 1. The predicted molar refractivity (Wildman–Crippen MR) is 91.3 cm³/mol. The highest BCUT2D eigenvalue weighted by Crippen LogP contribution is 2.12. The zero-order chi connectivity index (χ0) is 15.9. The van der Waals surface area contributed by atoms with Crippen LogP contribution in [0.3, 0.4) is 0 Å². The number of urea groups is 1. The lowest BCUT2D eigenvalue weighted by Crippen LogP contribution is -2.30. The molecule has 0 aliphatic heterocycles. The summed E-state index contributed by atoms with van der Waals surface area (Å²) in [7, 11) is 0. The van der Waals surface area contributed by atoms with Crippen LogP contribution in [0, 0.1) is 0 Å². The normalized spacial score (nSPS) is 10.1. The second-order valence-corrected chi connectivity index (χ2v) is 5.81. The first kappa shape index (κ1) is 16.2. The summed E-state index contributed by atoms with van der Waals surface area (Å²) < 4.78 is 1.03. The number of amides is 2. The molecule has 0 radical (unpaired) electrons. The minimum Gasteiger partial charge on any atom is -0.338 e. The Morgan fingerprint density at radius 2 is 1.82 bits per heavy atom. The summed E-state index contributed by atoms with van der Waals surface area (Å²) in [5.74, 6) is 0.00465. The Morgan fingerprint density at radius 3 is 2.45 bits per heavy atom. The van der Waals surface area contributed by atoms with Gasteiger partial charge in [0, 0.05) is 22.3 Å². The van der Waals surface area contributed by atoms with Crippen molar-refractivity contribution >= 4 is 33.4 Å². The lowest BCUT2D eigenvalue weighted by Gasteiger charge is -2.08. The molecule has 2 rings (SSSR count). The van der Waals surface area contributed by atoms with E-state index in [1.807, 2.05) is 24.3 Å². The highest BCUT2D eigenvalue weighted by Gasteiger charge is 2.03. The van der Waals surface area contributed by atoms with Crippen molar-refractivity contribution < 1.29 is 9.59 Å². The van der Waals surface area contributed by atoms with Crippen molar-refractivity contribution in [3.05, 3.63) is 64.1 Å². The summed E-state index contributed by atoms with van der Waals surface area (Å²) in [6.45, 7) is 2.06. The third-order valence-corrected chi connectivity index (χ3v) is 3.63. The first-order valence-electron chi connectivity index (χ1n) is 6.95. The van der Waals surface area contributed by atoms with Crippen LogP contribution in [0.2, 0.25) is 0 Å². The zero-order valence-electron chi connectivity index (χ0n) is 12.2. The van der Waals surface area contributed by atoms with Crippen LogP contribution in [0.1, 0.15) is 22.8 Å². The minimum atomic E-state index is -0.259. The second kappa shape index (κ2) is 7.75. The molecule has 2 N–H and O–H groups in total. The van der Waals surface area contributed by atoms with Crippen LogP contribution >= 0.6 is 15.9 Å². The number of hydrogen-bond donors (Lipinski definition) is 2. The van der Waals surface area contributed by atoms with Gasteiger partial charge in [-0.15, -0.1) is 0 Å². The van der Waals surface area contributed by atoms with Crippen molar-refractivity contribution in [3.8, 4) is 0 Å². The van der Waals surface area contributed by atoms with Crippen LogP contribution in [0.4, 0.5) is 10.5 Å². The molecular formula is C17H17BrN2O2. The van der Waals surface area contributed by atoms with E-state index in [9.17, 15) is 9.59 Å². The van der Waals surface area contributed by atoms with E-state index in [-0.39, 0.29) is 11.8 Å². The quantitative estimate of drug-likeness (QED) is 0.791. The first-order chi connectivity index (χ1) is 10.5. The van der Waals surface area contributed by atoms with Gasteiger partial charge in [-0.2, -0.15) is 0 Å². The van der Waals surface area contributed by atoms with Gasteiger partial charge < -0.3 is 10.6 Å². The van der Waals surface area contributed by atoms with Gasteiger partial charge in [-0.3, -0.25) is 4.79 Å². The van der Waals surface area contributed by atoms with E-state index in [2.05, 4.69) is 26.6 Å². The number of carbonyl (C=O) groups is 2. The van der Waals surface area contributed by atoms with Crippen LogP contribution in [-0.2, 0) is 6.42 Å². The van der Waals surface area contributed by atoms with Crippen LogP contribution in [0.15, 0.2) is 53.0 Å². The lowest BCUT2D eigenvalue weighted by molar-refractivity contribution is 0.101. The molecule has 114 valence electrons. The molecule has 0 spiro atoms. The maximum absolute atomic E-state index is 11.8. The van der Waals surface area contributed by atoms with Crippen LogP contribution in [-0.4, -0.2) is 18.4 Å². The van der Waals surface area contributed by atoms with Crippen molar-refractivity contribution in [2.75, 3.05) is 11.9 Å². The topological polar surface area (TPSA) is 58.2 Å². The maximum Gasteiger partial charge on any atom is 0.319 e. The van der Waals surface area contributed by atoms with Crippen LogP contribution in [0.25, 0.3) is 0 Å². The largest absolute Gasteiger partial charge is 0.338 e. The Balaban J connectivity index is 1.79. The first-order valence-corrected chi connectivity index (χ1v) is 7.74. The maximum atomic E-state index is 11.8. The number of hydrogen-bond acceptors (Lipinski definition) is 2. The fraction of sp³-hybridized carbons (Fsp3) is 0.176. The van der Waals surface area contributed by atoms with Gasteiger partial charge in [0.25, 0.3) is 0 Å². The Hall–Kier alpha value is -2.14. The van der Waals surface area contributed by atoms with Gasteiger partial charge in [-0.05, 0) is 55.3 Å². The molecule has 0 atom stereocenters. The Kier molecular flexibility index (Phi) is 5.72. The van der Waals surface area contributed by atoms with Gasteiger partial charge in [0.15, 0.2) is 5.78 Å². The summed E-state index contributed by atoms with van der Waals surface area (Å²) in [5.41, 5.74) is 2.44. The molecule has 4 nitrogen and oxygen atoms in total. The van der Waals surface area contributed by atoms with Gasteiger partial charge in [-0.25, -0.2) is 4.79 Å². The number of carbonyl (C=O) groups excluding carboxylic acids is 2. The lowest BCUT2D eigenvalue weighted by atomic mass is 10.1. The number of rotatable bonds is 5. The summed E-state index contributed by atoms with van der Waals surface area (Å²) in [4.78, 5) is 23.0. The van der Waals surface area contributed by atoms with E-state index in [1.165, 1.54) is 6.92 Å². The van der Waals surface area contributed by atoms with E-state index in [0.29, 0.717) is 17.8 Å². The highest BCUT2D eigenvalue weighted by molar-refractivity contribution is 9.10. The average molecular weight is 361 g/mol. The van der Waals surface area contributed by atoms with Crippen molar-refractivity contribution in [2.24, 2.45) is 0 Å². The molecule has 5 heteroatoms. The Morgan fingerprint density at radius 1 is 1.09 bits per heavy atom. The third-order valence-electron chi connectivity index (χ3n) is 3.14. The molecule has 0 aliphatic rings. The van der Waals surface area contributed by atoms with E-state index in [0.717, 1.165) is 16.5 Å². The number of Topliss-reactive ketones (excluding diaryl/α,β-unsaturated/α-hetero) is 1. The molecule has 22 heavy (non-hydrogen) atoms. The standard InChI is InChI=1S/C17H17BrN2O2/c1-12(21)14-5-7-16(8-6-14)20-17(22)19-10-9-13-3-2-4-15(18)11-13/h2-8,11H,9-10H2,1H3,(H2,19,20,22). The van der Waals surface area contributed by atoms with Crippen LogP contribution in [0.5, 0.6) is 0 Å². The molecule has 0 unspecified atom stereocenters. The molecule has 0 heterocycles.